The largest absolute Gasteiger partial charge is 0.455 e. The normalized spacial score (nSPS) is 15.9. The van der Waals surface area contributed by atoms with Crippen molar-refractivity contribution in [3.63, 3.8) is 0 Å². The molecule has 3 aromatic heterocycles. The number of aromatic nitrogens is 4. The van der Waals surface area contributed by atoms with E-state index in [2.05, 4.69) is 0 Å². The van der Waals surface area contributed by atoms with Gasteiger partial charge in [0.25, 0.3) is 0 Å². The number of para-hydroxylation sites is 5. The van der Waals surface area contributed by atoms with E-state index in [1.807, 2.05) is 48.5 Å². The van der Waals surface area contributed by atoms with Gasteiger partial charge in [-0.3, -0.25) is 0 Å². The molecule has 0 aliphatic heterocycles. The topological polar surface area (TPSA) is 56.7 Å². The number of fused-ring (bicyclic) bond motifs is 7. The zero-order valence-corrected chi connectivity index (χ0v) is 30.9. The fourth-order valence-corrected chi connectivity index (χ4v) is 7.59. The third kappa shape index (κ3) is 5.59. The van der Waals surface area contributed by atoms with Gasteiger partial charge in [0.05, 0.1) is 41.4 Å². The predicted octanol–water partition coefficient (Wildman–Crippen LogP) is 14.4. The molecule has 12 rings (SSSR count). The van der Waals surface area contributed by atoms with Gasteiger partial charge in [0.1, 0.15) is 11.2 Å². The summed E-state index contributed by atoms with van der Waals surface area (Å²) in [4.78, 5) is 14.7. The van der Waals surface area contributed by atoms with Gasteiger partial charge in [-0.25, -0.2) is 15.0 Å². The molecule has 0 spiro atoms. The summed E-state index contributed by atoms with van der Waals surface area (Å²) < 4.78 is 168. The van der Waals surface area contributed by atoms with Crippen molar-refractivity contribution in [2.75, 3.05) is 0 Å². The van der Waals surface area contributed by atoms with Crippen molar-refractivity contribution >= 4 is 54.5 Å². The number of nitrogens with zero attached hydrogens (tertiary/aromatic N) is 4. The van der Waals surface area contributed by atoms with Crippen LogP contribution in [0.5, 0.6) is 0 Å². The lowest BCUT2D eigenvalue weighted by Gasteiger charge is -2.15. The van der Waals surface area contributed by atoms with Crippen LogP contribution in [-0.2, 0) is 0 Å². The zero-order valence-electron chi connectivity index (χ0n) is 48.9. The van der Waals surface area contributed by atoms with Crippen LogP contribution >= 0.6 is 0 Å². The van der Waals surface area contributed by atoms with E-state index >= 15 is 0 Å². The maximum Gasteiger partial charge on any atom is 0.166 e. The smallest absolute Gasteiger partial charge is 0.166 e. The second-order valence-corrected chi connectivity index (χ2v) is 13.8. The Morgan fingerprint density at radius 3 is 1.97 bits per heavy atom. The maximum atomic E-state index is 9.71. The Labute approximate surface area is 370 Å². The summed E-state index contributed by atoms with van der Waals surface area (Å²) in [6.07, 6.45) is 0. The van der Waals surface area contributed by atoms with Crippen LogP contribution in [-0.4, -0.2) is 19.5 Å². The average Bonchev–Trinajstić information content (AvgIpc) is 4.05. The predicted molar refractivity (Wildman–Crippen MR) is 246 cm³/mol. The lowest BCUT2D eigenvalue weighted by atomic mass is 9.99. The summed E-state index contributed by atoms with van der Waals surface area (Å²) in [7, 11) is 0. The Morgan fingerprint density at radius 1 is 0.417 bits per heavy atom. The van der Waals surface area contributed by atoms with Crippen LogP contribution in [0.3, 0.4) is 0 Å². The molecule has 60 heavy (non-hydrogen) atoms. The van der Waals surface area contributed by atoms with Crippen LogP contribution in [0.2, 0.25) is 0 Å². The molecule has 0 fully saturated rings. The molecule has 0 radical (unpaired) electrons. The minimum absolute atomic E-state index is 0.0222. The van der Waals surface area contributed by atoms with E-state index in [1.165, 1.54) is 4.57 Å². The molecule has 0 bridgehead atoms. The van der Waals surface area contributed by atoms with Crippen LogP contribution in [0, 0.1) is 0 Å². The van der Waals surface area contributed by atoms with Crippen LogP contribution in [0.25, 0.3) is 117 Å². The van der Waals surface area contributed by atoms with Crippen LogP contribution in [0.15, 0.2) is 210 Å². The molecule has 0 unspecified atom stereocenters. The first-order chi connectivity index (χ1) is 37.2. The highest BCUT2D eigenvalue weighted by molar-refractivity contribution is 6.10. The van der Waals surface area contributed by atoms with Gasteiger partial charge in [-0.1, -0.05) is 157 Å². The quantitative estimate of drug-likeness (QED) is 0.168. The van der Waals surface area contributed by atoms with Crippen LogP contribution < -0.4 is 0 Å². The fourth-order valence-electron chi connectivity index (χ4n) is 7.59. The summed E-state index contributed by atoms with van der Waals surface area (Å²) in [5.74, 6) is -0.586. The lowest BCUT2D eigenvalue weighted by molar-refractivity contribution is 0.670. The minimum Gasteiger partial charge on any atom is -0.455 e. The number of hydrogen-bond donors (Lipinski definition) is 0. The first-order valence-corrected chi connectivity index (χ1v) is 18.7. The fraction of sp³-hybridized carbons (Fsp3) is 0. The van der Waals surface area contributed by atoms with Gasteiger partial charge in [-0.15, -0.1) is 0 Å². The molecule has 0 N–H and O–H groups in total. The highest BCUT2D eigenvalue weighted by Crippen LogP contribution is 2.39. The summed E-state index contributed by atoms with van der Waals surface area (Å²) in [5, 5.41) is 0.667. The van der Waals surface area contributed by atoms with Gasteiger partial charge < -0.3 is 8.98 Å². The van der Waals surface area contributed by atoms with Gasteiger partial charge >= 0.3 is 0 Å². The third-order valence-corrected chi connectivity index (χ3v) is 10.3. The molecular weight excluding hydrogens is 733 g/mol. The average molecular weight is 785 g/mol. The first kappa shape index (κ1) is 20.5. The van der Waals surface area contributed by atoms with E-state index in [0.717, 1.165) is 22.4 Å². The summed E-state index contributed by atoms with van der Waals surface area (Å²) in [6, 6.07) is 16.7. The van der Waals surface area contributed by atoms with Gasteiger partial charge in [-0.05, 0) is 75.9 Å². The zero-order chi connectivity index (χ0) is 55.2. The third-order valence-electron chi connectivity index (χ3n) is 10.3. The van der Waals surface area contributed by atoms with E-state index in [1.54, 1.807) is 42.5 Å². The molecule has 0 amide bonds. The molecule has 0 saturated heterocycles. The molecule has 0 saturated carbocycles. The van der Waals surface area contributed by atoms with Gasteiger partial charge in [0.15, 0.2) is 17.5 Å². The highest BCUT2D eigenvalue weighted by Gasteiger charge is 2.20. The number of rotatable bonds is 6. The van der Waals surface area contributed by atoms with E-state index in [4.69, 9.17) is 34.4 Å². The first-order valence-electron chi connectivity index (χ1n) is 27.7. The SMILES string of the molecule is [2H]c1cc([2H])c2c(c1[2H])c1c([2H])c([2H])c([2H])c([2H])c1n2-c1ccccc1-c1nc(-c2cccc(-c3cccc4c3oc3ccccc34)c2)nc(-c2c([2H])c([2H])c3c([2H])c(-c4c([2H])c([2H])c([2H])c([2H])c4[2H])c([2H])c([2H])c3c2[2H])n1. The van der Waals surface area contributed by atoms with Gasteiger partial charge in [0.2, 0.25) is 0 Å². The van der Waals surface area contributed by atoms with Crippen molar-refractivity contribution in [3.05, 3.63) is 206 Å². The number of benzene rings is 9. The minimum atomic E-state index is -0.781. The molecule has 0 atom stereocenters. The van der Waals surface area contributed by atoms with Crippen molar-refractivity contribution in [2.45, 2.75) is 0 Å². The molecule has 280 valence electrons. The monoisotopic (exact) mass is 784 g/mol. The molecule has 12 aromatic rings. The molecule has 9 aromatic carbocycles. The van der Waals surface area contributed by atoms with Crippen molar-refractivity contribution in [1.29, 1.82) is 0 Å². The Balaban J connectivity index is 1.16. The van der Waals surface area contributed by atoms with Crippen molar-refractivity contribution < 1.29 is 29.1 Å². The van der Waals surface area contributed by atoms with E-state index in [-0.39, 0.29) is 68.7 Å². The summed E-state index contributed by atoms with van der Waals surface area (Å²) in [5.41, 5.74) is 1.64. The standard InChI is InChI=1S/C55H34N4O/c1-2-14-35(15-3-1)36-28-29-38-33-41(31-30-37(38)32-36)54-56-53(40-17-12-16-39(34-40)42-22-13-23-46-45-20-7-11-27-51(45)60-52(42)46)57-55(58-54)47-21-6-10-26-50(47)59-48-24-8-4-18-43(48)44-19-5-9-25-49(44)59/h1-34H/i1D,2D,3D,4D,5D,8D,14D,15D,18D,19D,24D,25D,28D,29D,30D,31D,32D,33D. The van der Waals surface area contributed by atoms with Crippen LogP contribution in [0.1, 0.15) is 24.7 Å². The van der Waals surface area contributed by atoms with Crippen molar-refractivity contribution in [1.82, 2.24) is 19.5 Å². The Bertz CT molecular complexity index is 4660. The maximum absolute atomic E-state index is 9.71. The molecule has 5 nitrogen and oxygen atoms in total. The van der Waals surface area contributed by atoms with E-state index in [9.17, 15) is 9.60 Å². The van der Waals surface area contributed by atoms with Crippen LogP contribution in [0.4, 0.5) is 0 Å². The van der Waals surface area contributed by atoms with Gasteiger partial charge in [-0.2, -0.15) is 0 Å². The molecule has 0 aliphatic rings. The van der Waals surface area contributed by atoms with Gasteiger partial charge in [0, 0.05) is 43.8 Å². The number of hydrogen-bond acceptors (Lipinski definition) is 4. The Morgan fingerprint density at radius 2 is 1.07 bits per heavy atom. The molecule has 0 aliphatic carbocycles. The summed E-state index contributed by atoms with van der Waals surface area (Å²) >= 11 is 0. The molecule has 5 heteroatoms. The highest BCUT2D eigenvalue weighted by atomic mass is 16.3. The Kier molecular flexibility index (Phi) is 4.70. The van der Waals surface area contributed by atoms with E-state index < -0.39 is 118 Å². The number of furan rings is 1. The molecule has 3 heterocycles. The lowest BCUT2D eigenvalue weighted by Crippen LogP contribution is -2.03. The molecular formula is C55H34N4O. The van der Waals surface area contributed by atoms with Crippen molar-refractivity contribution in [2.24, 2.45) is 0 Å². The Hall–Kier alpha value is -8.15. The van der Waals surface area contributed by atoms with Crippen molar-refractivity contribution in [3.8, 4) is 62.1 Å². The second kappa shape index (κ2) is 13.8. The second-order valence-electron chi connectivity index (χ2n) is 13.8. The van der Waals surface area contributed by atoms with E-state index in [0.29, 0.717) is 22.3 Å². The summed E-state index contributed by atoms with van der Waals surface area (Å²) in [6.45, 7) is 0.